The van der Waals surface area contributed by atoms with E-state index >= 15 is 0 Å². The summed E-state index contributed by atoms with van der Waals surface area (Å²) >= 11 is 1.59. The molecule has 3 rings (SSSR count). The van der Waals surface area contributed by atoms with Crippen LogP contribution in [-0.4, -0.2) is 21.7 Å². The lowest BCUT2D eigenvalue weighted by Gasteiger charge is -2.03. The van der Waals surface area contributed by atoms with Crippen LogP contribution in [0, 0.1) is 6.92 Å². The van der Waals surface area contributed by atoms with Crippen LogP contribution in [0.5, 0.6) is 5.88 Å². The molecular weight excluding hydrogens is 264 g/mol. The molecule has 3 aromatic heterocycles. The van der Waals surface area contributed by atoms with E-state index in [2.05, 4.69) is 15.5 Å². The summed E-state index contributed by atoms with van der Waals surface area (Å²) in [6.07, 6.45) is 1.99. The first-order valence-corrected chi connectivity index (χ1v) is 6.77. The van der Waals surface area contributed by atoms with Crippen molar-refractivity contribution in [3.05, 3.63) is 34.8 Å². The molecule has 3 aromatic rings. The first-order valence-electron chi connectivity index (χ1n) is 5.89. The van der Waals surface area contributed by atoms with Gasteiger partial charge in [-0.2, -0.15) is 4.98 Å². The molecule has 0 unspecified atom stereocenters. The largest absolute Gasteiger partial charge is 0.480 e. The van der Waals surface area contributed by atoms with Crippen LogP contribution in [0.2, 0.25) is 0 Å². The van der Waals surface area contributed by atoms with E-state index in [0.29, 0.717) is 19.0 Å². The highest BCUT2D eigenvalue weighted by Gasteiger charge is 2.13. The van der Waals surface area contributed by atoms with Gasteiger partial charge in [0, 0.05) is 30.7 Å². The van der Waals surface area contributed by atoms with E-state index < -0.39 is 0 Å². The van der Waals surface area contributed by atoms with E-state index in [0.717, 1.165) is 22.1 Å². The zero-order valence-electron chi connectivity index (χ0n) is 10.7. The number of thiazole rings is 1. The molecule has 0 atom stereocenters. The number of imidazole rings is 1. The van der Waals surface area contributed by atoms with Crippen LogP contribution in [0.15, 0.2) is 22.2 Å². The van der Waals surface area contributed by atoms with Gasteiger partial charge in [0.1, 0.15) is 11.5 Å². The Labute approximate surface area is 114 Å². The molecule has 100 valence electrons. The summed E-state index contributed by atoms with van der Waals surface area (Å²) in [6.45, 7) is 3.19. The Balaban J connectivity index is 1.72. The molecule has 0 bridgehead atoms. The minimum Gasteiger partial charge on any atom is -0.480 e. The van der Waals surface area contributed by atoms with Crippen molar-refractivity contribution in [1.82, 2.24) is 19.9 Å². The lowest BCUT2D eigenvalue weighted by Crippen LogP contribution is -2.14. The van der Waals surface area contributed by atoms with Crippen molar-refractivity contribution in [1.29, 1.82) is 0 Å². The summed E-state index contributed by atoms with van der Waals surface area (Å²) in [4.78, 5) is 5.34. The summed E-state index contributed by atoms with van der Waals surface area (Å²) < 4.78 is 12.4. The third-order valence-electron chi connectivity index (χ3n) is 2.79. The third kappa shape index (κ3) is 2.34. The molecule has 0 spiro atoms. The highest BCUT2D eigenvalue weighted by molar-refractivity contribution is 7.15. The maximum atomic E-state index is 5.30. The SMILES string of the molecule is COc1nc2sccn2c1CNCc1cc(C)on1. The van der Waals surface area contributed by atoms with Crippen LogP contribution in [0.25, 0.3) is 4.96 Å². The van der Waals surface area contributed by atoms with Gasteiger partial charge in [-0.05, 0) is 6.92 Å². The Bertz CT molecular complexity index is 685. The van der Waals surface area contributed by atoms with Crippen molar-refractivity contribution in [3.8, 4) is 5.88 Å². The monoisotopic (exact) mass is 278 g/mol. The molecule has 0 aliphatic carbocycles. The van der Waals surface area contributed by atoms with Crippen LogP contribution < -0.4 is 10.1 Å². The van der Waals surface area contributed by atoms with Gasteiger partial charge in [-0.3, -0.25) is 4.40 Å². The molecule has 6 nitrogen and oxygen atoms in total. The third-order valence-corrected chi connectivity index (χ3v) is 3.55. The van der Waals surface area contributed by atoms with E-state index in [1.165, 1.54) is 0 Å². The number of nitrogens with one attached hydrogen (secondary N) is 1. The van der Waals surface area contributed by atoms with Crippen LogP contribution in [-0.2, 0) is 13.1 Å². The number of aryl methyl sites for hydroxylation is 1. The zero-order chi connectivity index (χ0) is 13.2. The fourth-order valence-electron chi connectivity index (χ4n) is 1.95. The number of hydrogen-bond acceptors (Lipinski definition) is 6. The van der Waals surface area contributed by atoms with Gasteiger partial charge in [-0.1, -0.05) is 5.16 Å². The van der Waals surface area contributed by atoms with Crippen molar-refractivity contribution < 1.29 is 9.26 Å². The summed E-state index contributed by atoms with van der Waals surface area (Å²) in [5.41, 5.74) is 1.90. The van der Waals surface area contributed by atoms with Gasteiger partial charge < -0.3 is 14.6 Å². The molecular formula is C12H14N4O2S. The molecule has 0 aliphatic heterocycles. The van der Waals surface area contributed by atoms with Gasteiger partial charge in [0.25, 0.3) is 0 Å². The quantitative estimate of drug-likeness (QED) is 0.773. The van der Waals surface area contributed by atoms with Gasteiger partial charge in [-0.25, -0.2) is 0 Å². The Morgan fingerprint density at radius 2 is 2.37 bits per heavy atom. The van der Waals surface area contributed by atoms with Crippen molar-refractivity contribution in [2.75, 3.05) is 7.11 Å². The second-order valence-corrected chi connectivity index (χ2v) is 5.03. The lowest BCUT2D eigenvalue weighted by molar-refractivity contribution is 0.385. The minimum atomic E-state index is 0.651. The van der Waals surface area contributed by atoms with Crippen molar-refractivity contribution in [3.63, 3.8) is 0 Å². The van der Waals surface area contributed by atoms with Crippen LogP contribution in [0.4, 0.5) is 0 Å². The number of methoxy groups -OCH3 is 1. The number of hydrogen-bond donors (Lipinski definition) is 1. The second-order valence-electron chi connectivity index (χ2n) is 4.16. The zero-order valence-corrected chi connectivity index (χ0v) is 11.5. The first-order chi connectivity index (χ1) is 9.28. The van der Waals surface area contributed by atoms with Gasteiger partial charge in [0.05, 0.1) is 12.8 Å². The Morgan fingerprint density at radius 1 is 1.47 bits per heavy atom. The van der Waals surface area contributed by atoms with Crippen LogP contribution in [0.3, 0.4) is 0 Å². The maximum Gasteiger partial charge on any atom is 0.237 e. The fourth-order valence-corrected chi connectivity index (χ4v) is 2.67. The number of ether oxygens (including phenoxy) is 1. The maximum absolute atomic E-state index is 5.30. The molecule has 0 fully saturated rings. The Morgan fingerprint density at radius 3 is 3.11 bits per heavy atom. The topological polar surface area (TPSA) is 64.6 Å². The van der Waals surface area contributed by atoms with E-state index in [-0.39, 0.29) is 0 Å². The first kappa shape index (κ1) is 12.2. The molecule has 0 aliphatic rings. The van der Waals surface area contributed by atoms with E-state index in [4.69, 9.17) is 9.26 Å². The van der Waals surface area contributed by atoms with Gasteiger partial charge >= 0.3 is 0 Å². The van der Waals surface area contributed by atoms with Gasteiger partial charge in [0.15, 0.2) is 4.96 Å². The van der Waals surface area contributed by atoms with Crippen molar-refractivity contribution >= 4 is 16.3 Å². The average molecular weight is 278 g/mol. The van der Waals surface area contributed by atoms with Gasteiger partial charge in [0.2, 0.25) is 5.88 Å². The summed E-state index contributed by atoms with van der Waals surface area (Å²) in [7, 11) is 1.64. The molecule has 0 aromatic carbocycles. The molecule has 0 amide bonds. The number of aromatic nitrogens is 3. The van der Waals surface area contributed by atoms with Gasteiger partial charge in [-0.15, -0.1) is 11.3 Å². The highest BCUT2D eigenvalue weighted by Crippen LogP contribution is 2.22. The van der Waals surface area contributed by atoms with Crippen molar-refractivity contribution in [2.45, 2.75) is 20.0 Å². The summed E-state index contributed by atoms with van der Waals surface area (Å²) in [5, 5.41) is 9.26. The number of fused-ring (bicyclic) bond motifs is 1. The fraction of sp³-hybridized carbons (Fsp3) is 0.333. The predicted molar refractivity (Wildman–Crippen MR) is 71.4 cm³/mol. The van der Waals surface area contributed by atoms with Crippen LogP contribution >= 0.6 is 11.3 Å². The molecule has 0 saturated heterocycles. The Hall–Kier alpha value is -1.86. The van der Waals surface area contributed by atoms with Crippen LogP contribution in [0.1, 0.15) is 17.1 Å². The molecule has 19 heavy (non-hydrogen) atoms. The van der Waals surface area contributed by atoms with E-state index in [1.54, 1.807) is 18.4 Å². The molecule has 3 heterocycles. The van der Waals surface area contributed by atoms with E-state index in [9.17, 15) is 0 Å². The molecule has 1 N–H and O–H groups in total. The molecule has 0 saturated carbocycles. The normalized spacial score (nSPS) is 11.3. The second kappa shape index (κ2) is 5.02. The Kier molecular flexibility index (Phi) is 3.22. The smallest absolute Gasteiger partial charge is 0.237 e. The highest BCUT2D eigenvalue weighted by atomic mass is 32.1. The summed E-state index contributed by atoms with van der Waals surface area (Å²) in [6, 6.07) is 1.92. The average Bonchev–Trinajstić information content (AvgIpc) is 3.06. The standard InChI is InChI=1S/C12H14N4O2S/c1-8-5-9(15-18-8)6-13-7-10-11(17-2)14-12-16(10)3-4-19-12/h3-5,13H,6-7H2,1-2H3. The summed E-state index contributed by atoms with van der Waals surface area (Å²) in [5.74, 6) is 1.48. The number of rotatable bonds is 5. The predicted octanol–water partition coefficient (Wildman–Crippen LogP) is 1.99. The molecule has 7 heteroatoms. The molecule has 0 radical (unpaired) electrons. The number of nitrogens with zero attached hydrogens (tertiary/aromatic N) is 3. The lowest BCUT2D eigenvalue weighted by atomic mass is 10.3. The minimum absolute atomic E-state index is 0.651. The van der Waals surface area contributed by atoms with Crippen molar-refractivity contribution in [2.24, 2.45) is 0 Å². The van der Waals surface area contributed by atoms with E-state index in [1.807, 2.05) is 29.0 Å².